The quantitative estimate of drug-likeness (QED) is 0.134. The number of aromatic nitrogens is 1. The van der Waals surface area contributed by atoms with E-state index in [1.165, 1.54) is 30.2 Å². The molecule has 0 aliphatic carbocycles. The molecule has 2 saturated heterocycles. The maximum absolute atomic E-state index is 15.0. The van der Waals surface area contributed by atoms with Gasteiger partial charge in [0.25, 0.3) is 5.66 Å². The summed E-state index contributed by atoms with van der Waals surface area (Å²) in [6.45, 7) is 1.76. The lowest BCUT2D eigenvalue weighted by molar-refractivity contribution is -0.138. The van der Waals surface area contributed by atoms with E-state index in [-0.39, 0.29) is 35.2 Å². The molecule has 3 heterocycles. The van der Waals surface area contributed by atoms with E-state index in [0.717, 1.165) is 18.2 Å². The molecule has 2 aliphatic heterocycles. The summed E-state index contributed by atoms with van der Waals surface area (Å²) in [6.07, 6.45) is -8.54. The first-order valence-corrected chi connectivity index (χ1v) is 16.2. The minimum absolute atomic E-state index is 0.0788. The number of cyclic esters (lactones) is 1. The topological polar surface area (TPSA) is 68.7 Å². The summed E-state index contributed by atoms with van der Waals surface area (Å²) in [5.74, 6) is 0.281. The summed E-state index contributed by atoms with van der Waals surface area (Å²) in [6, 6.07) is 11.8. The fraction of sp³-hybridized carbons (Fsp3) is 0.286. The zero-order valence-electron chi connectivity index (χ0n) is 26.3. The maximum Gasteiger partial charge on any atom is 0.417 e. The van der Waals surface area contributed by atoms with Gasteiger partial charge in [-0.3, -0.25) is 14.7 Å². The van der Waals surface area contributed by atoms with E-state index in [0.29, 0.717) is 53.4 Å². The molecule has 1 aromatic heterocycles. The summed E-state index contributed by atoms with van der Waals surface area (Å²) in [7, 11) is -0.301. The van der Waals surface area contributed by atoms with Crippen LogP contribution in [0, 0.1) is 6.92 Å². The standard InChI is InChI=1S/C35H27F8N2O4P/c1-18-12-20(31(46)50-35(42,43)22-5-3-4-21(14-22)33(36,37)38)6-9-25(18)19-7-11-29(48-2)27(13-19)30-26(15-23(16-44-30)34(39,40)41)28-10-8-24-17-49-32(47)45(24)28/h3-7,9,11-16,24,28,50H,8,10,17H2,1-2H3/t24-,28-/m0/s1. The molecule has 0 radical (unpaired) electrons. The second-order valence-corrected chi connectivity index (χ2v) is 13.3. The summed E-state index contributed by atoms with van der Waals surface area (Å²) in [5, 5.41) is 0. The number of pyridine rings is 1. The van der Waals surface area contributed by atoms with Gasteiger partial charge in [-0.25, -0.2) is 4.79 Å². The van der Waals surface area contributed by atoms with Crippen LogP contribution in [0.3, 0.4) is 0 Å². The molecule has 3 aromatic carbocycles. The largest absolute Gasteiger partial charge is 0.496 e. The van der Waals surface area contributed by atoms with Crippen LogP contribution in [0.25, 0.3) is 22.4 Å². The molecule has 4 aromatic rings. The summed E-state index contributed by atoms with van der Waals surface area (Å²) < 4.78 is 122. The lowest BCUT2D eigenvalue weighted by Gasteiger charge is -2.25. The highest BCUT2D eigenvalue weighted by molar-refractivity contribution is 7.59. The van der Waals surface area contributed by atoms with Gasteiger partial charge in [-0.1, -0.05) is 30.3 Å². The third-order valence-electron chi connectivity index (χ3n) is 8.79. The number of amides is 1. The predicted octanol–water partition coefficient (Wildman–Crippen LogP) is 9.99. The monoisotopic (exact) mass is 722 g/mol. The number of carbonyl (C=O) groups is 2. The Kier molecular flexibility index (Phi) is 9.13. The molecule has 0 bridgehead atoms. The minimum atomic E-state index is -4.83. The Labute approximate surface area is 282 Å². The average molecular weight is 723 g/mol. The first-order chi connectivity index (χ1) is 23.5. The maximum atomic E-state index is 15.0. The van der Waals surface area contributed by atoms with E-state index in [1.54, 1.807) is 25.1 Å². The second kappa shape index (κ2) is 12.9. The number of benzene rings is 3. The number of alkyl halides is 8. The Morgan fingerprint density at radius 3 is 2.28 bits per heavy atom. The zero-order chi connectivity index (χ0) is 36.2. The van der Waals surface area contributed by atoms with Gasteiger partial charge in [-0.05, 0) is 72.9 Å². The Morgan fingerprint density at radius 2 is 1.60 bits per heavy atom. The Hall–Kier alpha value is -4.58. The van der Waals surface area contributed by atoms with E-state index >= 15 is 8.78 Å². The third-order valence-corrected chi connectivity index (χ3v) is 9.91. The summed E-state index contributed by atoms with van der Waals surface area (Å²) in [4.78, 5) is 31.2. The molecule has 6 rings (SSSR count). The van der Waals surface area contributed by atoms with Crippen molar-refractivity contribution in [3.8, 4) is 28.1 Å². The molecule has 262 valence electrons. The highest BCUT2D eigenvalue weighted by Gasteiger charge is 2.46. The van der Waals surface area contributed by atoms with Gasteiger partial charge in [0, 0.05) is 37.0 Å². The van der Waals surface area contributed by atoms with Crippen LogP contribution in [0.2, 0.25) is 0 Å². The normalized spacial score (nSPS) is 18.1. The van der Waals surface area contributed by atoms with Crippen LogP contribution in [0.15, 0.2) is 72.9 Å². The van der Waals surface area contributed by atoms with Crippen molar-refractivity contribution in [2.75, 3.05) is 13.7 Å². The van der Waals surface area contributed by atoms with Gasteiger partial charge in [0.2, 0.25) is 0 Å². The minimum Gasteiger partial charge on any atom is -0.496 e. The molecular formula is C35H27F8N2O4P. The summed E-state index contributed by atoms with van der Waals surface area (Å²) in [5.41, 5.74) is -5.85. The van der Waals surface area contributed by atoms with Crippen molar-refractivity contribution in [3.05, 3.63) is 106 Å². The number of fused-ring (bicyclic) bond motifs is 1. The summed E-state index contributed by atoms with van der Waals surface area (Å²) >= 11 is 0. The zero-order valence-corrected chi connectivity index (χ0v) is 27.3. The van der Waals surface area contributed by atoms with Crippen LogP contribution in [0.4, 0.5) is 39.9 Å². The molecule has 6 nitrogen and oxygen atoms in total. The molecule has 1 amide bonds. The van der Waals surface area contributed by atoms with Crippen molar-refractivity contribution in [2.24, 2.45) is 0 Å². The van der Waals surface area contributed by atoms with Crippen LogP contribution in [-0.2, 0) is 22.8 Å². The van der Waals surface area contributed by atoms with Gasteiger partial charge in [-0.15, -0.1) is 0 Å². The van der Waals surface area contributed by atoms with Gasteiger partial charge < -0.3 is 9.47 Å². The number of methoxy groups -OCH3 is 1. The van der Waals surface area contributed by atoms with E-state index in [4.69, 9.17) is 9.47 Å². The first kappa shape index (κ1) is 35.3. The fourth-order valence-corrected chi connectivity index (χ4v) is 7.24. The van der Waals surface area contributed by atoms with Gasteiger partial charge in [0.1, 0.15) is 12.4 Å². The highest BCUT2D eigenvalue weighted by Crippen LogP contribution is 2.49. The van der Waals surface area contributed by atoms with Crippen molar-refractivity contribution in [1.82, 2.24) is 9.88 Å². The van der Waals surface area contributed by atoms with Gasteiger partial charge >= 0.3 is 18.4 Å². The molecule has 50 heavy (non-hydrogen) atoms. The average Bonchev–Trinajstić information content (AvgIpc) is 3.66. The van der Waals surface area contributed by atoms with Crippen molar-refractivity contribution < 1.29 is 54.2 Å². The van der Waals surface area contributed by atoms with Gasteiger partial charge in [0.05, 0.1) is 36.0 Å². The molecule has 15 heteroatoms. The van der Waals surface area contributed by atoms with Gasteiger partial charge in [0.15, 0.2) is 5.52 Å². The second-order valence-electron chi connectivity index (χ2n) is 11.9. The highest BCUT2D eigenvalue weighted by atomic mass is 31.1. The van der Waals surface area contributed by atoms with E-state index in [9.17, 15) is 35.9 Å². The third kappa shape index (κ3) is 6.77. The lowest BCUT2D eigenvalue weighted by atomic mass is 9.92. The van der Waals surface area contributed by atoms with Crippen LogP contribution >= 0.6 is 8.58 Å². The van der Waals surface area contributed by atoms with Crippen LogP contribution < -0.4 is 4.74 Å². The van der Waals surface area contributed by atoms with Crippen molar-refractivity contribution in [2.45, 2.75) is 49.9 Å². The Balaban J connectivity index is 1.34. The van der Waals surface area contributed by atoms with Crippen molar-refractivity contribution in [1.29, 1.82) is 0 Å². The molecule has 0 saturated carbocycles. The SMILES string of the molecule is COc1ccc(-c2ccc(C(=O)PC(F)(F)c3cccc(C(F)(F)F)c3)cc2C)cc1-c1ncc(C(F)(F)F)cc1[C@@H]1CC[C@H]2COC(=O)N21. The van der Waals surface area contributed by atoms with E-state index in [1.807, 2.05) is 0 Å². The first-order valence-electron chi connectivity index (χ1n) is 15.2. The van der Waals surface area contributed by atoms with Crippen molar-refractivity contribution in [3.63, 3.8) is 0 Å². The number of nitrogens with zero attached hydrogens (tertiary/aromatic N) is 2. The molecule has 2 aliphatic rings. The molecule has 2 fully saturated rings. The number of rotatable bonds is 8. The smallest absolute Gasteiger partial charge is 0.417 e. The number of hydrogen-bond donors (Lipinski definition) is 0. The van der Waals surface area contributed by atoms with Crippen LogP contribution in [0.1, 0.15) is 57.1 Å². The number of ether oxygens (including phenoxy) is 2. The number of aryl methyl sites for hydroxylation is 1. The van der Waals surface area contributed by atoms with E-state index in [2.05, 4.69) is 4.98 Å². The predicted molar refractivity (Wildman–Crippen MR) is 168 cm³/mol. The molecule has 3 atom stereocenters. The molecule has 1 unspecified atom stereocenters. The number of halogens is 8. The van der Waals surface area contributed by atoms with Crippen LogP contribution in [0.5, 0.6) is 5.75 Å². The Morgan fingerprint density at radius 1 is 0.880 bits per heavy atom. The van der Waals surface area contributed by atoms with E-state index < -0.39 is 60.9 Å². The molecular weight excluding hydrogens is 695 g/mol. The van der Waals surface area contributed by atoms with Crippen LogP contribution in [-0.4, -0.2) is 41.3 Å². The molecule has 0 N–H and O–H groups in total. The number of hydrogen-bond acceptors (Lipinski definition) is 5. The molecule has 0 spiro atoms. The Bertz CT molecular complexity index is 1980. The van der Waals surface area contributed by atoms with Crippen molar-refractivity contribution >= 4 is 20.2 Å². The lowest BCUT2D eigenvalue weighted by Crippen LogP contribution is -2.30. The fourth-order valence-electron chi connectivity index (χ4n) is 6.35. The number of carbonyl (C=O) groups excluding carboxylic acids is 2. The van der Waals surface area contributed by atoms with Gasteiger partial charge in [-0.2, -0.15) is 35.1 Å².